The van der Waals surface area contributed by atoms with E-state index in [1.54, 1.807) is 0 Å². The van der Waals surface area contributed by atoms with Crippen LogP contribution in [-0.4, -0.2) is 34.4 Å². The average Bonchev–Trinajstić information content (AvgIpc) is 3.62. The van der Waals surface area contributed by atoms with Crippen molar-refractivity contribution in [1.82, 2.24) is 15.3 Å². The van der Waals surface area contributed by atoms with Crippen LogP contribution in [0.25, 0.3) is 10.2 Å². The second-order valence-corrected chi connectivity index (χ2v) is 12.4. The van der Waals surface area contributed by atoms with Crippen molar-refractivity contribution >= 4 is 44.2 Å². The molecule has 3 aliphatic carbocycles. The van der Waals surface area contributed by atoms with Crippen LogP contribution in [0.5, 0.6) is 0 Å². The molecule has 38 heavy (non-hydrogen) atoms. The molecule has 0 radical (unpaired) electrons. The topological polar surface area (TPSA) is 96.0 Å². The predicted octanol–water partition coefficient (Wildman–Crippen LogP) is 5.71. The summed E-state index contributed by atoms with van der Waals surface area (Å²) in [6, 6.07) is 10.5. The molecule has 2 aromatic heterocycles. The lowest BCUT2D eigenvalue weighted by atomic mass is 9.83. The highest BCUT2D eigenvalue weighted by Gasteiger charge is 2.28. The molecule has 3 unspecified atom stereocenters. The number of amides is 2. The van der Waals surface area contributed by atoms with Gasteiger partial charge in [-0.15, -0.1) is 0 Å². The Morgan fingerprint density at radius 2 is 1.79 bits per heavy atom. The Morgan fingerprint density at radius 3 is 2.68 bits per heavy atom. The van der Waals surface area contributed by atoms with Crippen LogP contribution in [-0.2, 0) is 22.4 Å². The van der Waals surface area contributed by atoms with E-state index in [0.29, 0.717) is 17.1 Å². The van der Waals surface area contributed by atoms with Crippen molar-refractivity contribution in [3.8, 4) is 0 Å². The Labute approximate surface area is 228 Å². The van der Waals surface area contributed by atoms with Gasteiger partial charge < -0.3 is 16.0 Å². The molecular formula is C30H37N5O2S. The summed E-state index contributed by atoms with van der Waals surface area (Å²) in [5.41, 5.74) is 4.30. The molecule has 0 bridgehead atoms. The van der Waals surface area contributed by atoms with Crippen molar-refractivity contribution in [3.63, 3.8) is 0 Å². The second kappa shape index (κ2) is 11.5. The smallest absolute Gasteiger partial charge is 0.229 e. The molecule has 3 atom stereocenters. The maximum Gasteiger partial charge on any atom is 0.229 e. The van der Waals surface area contributed by atoms with Crippen molar-refractivity contribution in [2.45, 2.75) is 76.7 Å². The van der Waals surface area contributed by atoms with Gasteiger partial charge in [0.2, 0.25) is 11.8 Å². The standard InChI is InChI=1S/C30H37N5O2S/c36-28(20-5-1-2-6-20)35-30-34-26-13-11-24(17-27(26)38-30)33-29(37)22-7-3-9-23(16-22)32-18-19-10-12-25-21(15-19)8-4-14-31-25/h4,8,11,13-14,17,19-20,22-23,32H,1-3,5-7,9-10,12,15-16,18H2,(H,33,37)(H,34,35,36). The number of anilines is 2. The van der Waals surface area contributed by atoms with Gasteiger partial charge in [-0.1, -0.05) is 36.7 Å². The monoisotopic (exact) mass is 531 g/mol. The highest BCUT2D eigenvalue weighted by Crippen LogP contribution is 2.32. The number of thiazole rings is 1. The summed E-state index contributed by atoms with van der Waals surface area (Å²) in [6.07, 6.45) is 13.5. The van der Waals surface area contributed by atoms with Crippen LogP contribution < -0.4 is 16.0 Å². The van der Waals surface area contributed by atoms with Crippen molar-refractivity contribution in [3.05, 3.63) is 47.8 Å². The molecule has 3 aliphatic rings. The van der Waals surface area contributed by atoms with Crippen LogP contribution in [0.1, 0.15) is 69.0 Å². The summed E-state index contributed by atoms with van der Waals surface area (Å²) >= 11 is 1.47. The molecule has 2 heterocycles. The summed E-state index contributed by atoms with van der Waals surface area (Å²) in [6.45, 7) is 1.01. The van der Waals surface area contributed by atoms with Gasteiger partial charge in [-0.2, -0.15) is 0 Å². The van der Waals surface area contributed by atoms with Crippen molar-refractivity contribution in [1.29, 1.82) is 0 Å². The van der Waals surface area contributed by atoms with E-state index >= 15 is 0 Å². The molecular weight excluding hydrogens is 494 g/mol. The summed E-state index contributed by atoms with van der Waals surface area (Å²) in [5, 5.41) is 10.6. The van der Waals surface area contributed by atoms with Gasteiger partial charge in [-0.05, 0) is 93.7 Å². The largest absolute Gasteiger partial charge is 0.326 e. The number of benzene rings is 1. The number of carbonyl (C=O) groups is 2. The molecule has 0 spiro atoms. The van der Waals surface area contributed by atoms with Gasteiger partial charge in [0.05, 0.1) is 10.2 Å². The average molecular weight is 532 g/mol. The van der Waals surface area contributed by atoms with Gasteiger partial charge in [0.1, 0.15) is 0 Å². The zero-order valence-corrected chi connectivity index (χ0v) is 22.7. The Morgan fingerprint density at radius 1 is 0.947 bits per heavy atom. The molecule has 1 aromatic carbocycles. The number of aromatic nitrogens is 2. The Balaban J connectivity index is 1.01. The fourth-order valence-electron chi connectivity index (χ4n) is 6.45. The van der Waals surface area contributed by atoms with Crippen molar-refractivity contribution in [2.24, 2.45) is 17.8 Å². The lowest BCUT2D eigenvalue weighted by Crippen LogP contribution is -2.40. The van der Waals surface area contributed by atoms with E-state index in [0.717, 1.165) is 86.7 Å². The zero-order valence-electron chi connectivity index (χ0n) is 21.9. The van der Waals surface area contributed by atoms with E-state index in [-0.39, 0.29) is 23.7 Å². The van der Waals surface area contributed by atoms with Crippen LogP contribution in [0, 0.1) is 17.8 Å². The zero-order chi connectivity index (χ0) is 25.9. The predicted molar refractivity (Wildman–Crippen MR) is 152 cm³/mol. The number of carbonyl (C=O) groups excluding carboxylic acids is 2. The maximum atomic E-state index is 13.2. The summed E-state index contributed by atoms with van der Waals surface area (Å²) < 4.78 is 0.969. The first-order chi connectivity index (χ1) is 18.6. The van der Waals surface area contributed by atoms with Gasteiger partial charge in [0.15, 0.2) is 5.13 Å². The van der Waals surface area contributed by atoms with E-state index in [1.807, 2.05) is 30.5 Å². The van der Waals surface area contributed by atoms with Crippen molar-refractivity contribution in [2.75, 3.05) is 17.2 Å². The highest BCUT2D eigenvalue weighted by atomic mass is 32.1. The summed E-state index contributed by atoms with van der Waals surface area (Å²) in [4.78, 5) is 34.8. The van der Waals surface area contributed by atoms with Gasteiger partial charge in [0, 0.05) is 35.5 Å². The van der Waals surface area contributed by atoms with E-state index in [1.165, 1.54) is 29.0 Å². The van der Waals surface area contributed by atoms with E-state index in [9.17, 15) is 9.59 Å². The molecule has 6 rings (SSSR count). The second-order valence-electron chi connectivity index (χ2n) is 11.3. The summed E-state index contributed by atoms with van der Waals surface area (Å²) in [7, 11) is 0. The fraction of sp³-hybridized carbons (Fsp3) is 0.533. The lowest BCUT2D eigenvalue weighted by Gasteiger charge is -2.31. The van der Waals surface area contributed by atoms with Crippen LogP contribution in [0.15, 0.2) is 36.5 Å². The van der Waals surface area contributed by atoms with Crippen molar-refractivity contribution < 1.29 is 9.59 Å². The first kappa shape index (κ1) is 25.4. The number of rotatable bonds is 7. The van der Waals surface area contributed by atoms with E-state index < -0.39 is 0 Å². The number of nitrogens with one attached hydrogen (secondary N) is 3. The quantitative estimate of drug-likeness (QED) is 0.363. The Kier molecular flexibility index (Phi) is 7.70. The third kappa shape index (κ3) is 5.91. The Hall–Kier alpha value is -2.84. The Bertz CT molecular complexity index is 1300. The molecule has 3 N–H and O–H groups in total. The molecule has 0 aliphatic heterocycles. The number of fused-ring (bicyclic) bond motifs is 2. The number of hydrogen-bond donors (Lipinski definition) is 3. The minimum atomic E-state index is 0.0240. The third-order valence-corrected chi connectivity index (χ3v) is 9.57. The van der Waals surface area contributed by atoms with E-state index in [4.69, 9.17) is 0 Å². The van der Waals surface area contributed by atoms with Crippen LogP contribution >= 0.6 is 11.3 Å². The van der Waals surface area contributed by atoms with Crippen LogP contribution in [0.3, 0.4) is 0 Å². The maximum absolute atomic E-state index is 13.2. The number of nitrogens with zero attached hydrogens (tertiary/aromatic N) is 2. The number of aryl methyl sites for hydroxylation is 1. The normalized spacial score (nSPS) is 23.7. The van der Waals surface area contributed by atoms with Crippen LogP contribution in [0.4, 0.5) is 10.8 Å². The first-order valence-corrected chi connectivity index (χ1v) is 15.1. The van der Waals surface area contributed by atoms with Gasteiger partial charge in [-0.3, -0.25) is 14.6 Å². The number of pyridine rings is 1. The molecule has 2 amide bonds. The van der Waals surface area contributed by atoms with Gasteiger partial charge >= 0.3 is 0 Å². The summed E-state index contributed by atoms with van der Waals surface area (Å²) in [5.74, 6) is 0.965. The third-order valence-electron chi connectivity index (χ3n) is 8.63. The van der Waals surface area contributed by atoms with E-state index in [2.05, 4.69) is 32.0 Å². The molecule has 2 fully saturated rings. The SMILES string of the molecule is O=C(Nc1ccc2nc(NC(=O)C3CCCC3)sc2c1)C1CCCC(NCC2CCc3ncccc3C2)C1. The van der Waals surface area contributed by atoms with Gasteiger partial charge in [0.25, 0.3) is 0 Å². The first-order valence-electron chi connectivity index (χ1n) is 14.3. The highest BCUT2D eigenvalue weighted by molar-refractivity contribution is 7.22. The fourth-order valence-corrected chi connectivity index (χ4v) is 7.36. The molecule has 0 saturated heterocycles. The molecule has 7 nitrogen and oxygen atoms in total. The minimum Gasteiger partial charge on any atom is -0.326 e. The molecule has 8 heteroatoms. The number of hydrogen-bond acceptors (Lipinski definition) is 6. The van der Waals surface area contributed by atoms with Gasteiger partial charge in [-0.25, -0.2) is 4.98 Å². The lowest BCUT2D eigenvalue weighted by molar-refractivity contribution is -0.121. The molecule has 200 valence electrons. The molecule has 3 aromatic rings. The molecule has 2 saturated carbocycles. The minimum absolute atomic E-state index is 0.0240. The van der Waals surface area contributed by atoms with Crippen LogP contribution in [0.2, 0.25) is 0 Å².